The quantitative estimate of drug-likeness (QED) is 0.537. The number of ether oxygens (including phenoxy) is 2. The Morgan fingerprint density at radius 3 is 2.47 bits per heavy atom. The van der Waals surface area contributed by atoms with Gasteiger partial charge in [0.15, 0.2) is 11.5 Å². The molecule has 3 aromatic rings. The lowest BCUT2D eigenvalue weighted by Crippen LogP contribution is -2.35. The van der Waals surface area contributed by atoms with Gasteiger partial charge in [0.1, 0.15) is 13.2 Å². The number of nitrogens with one attached hydrogen (secondary N) is 1. The second-order valence-electron chi connectivity index (χ2n) is 7.97. The van der Waals surface area contributed by atoms with Crippen molar-refractivity contribution in [1.82, 2.24) is 5.32 Å². The van der Waals surface area contributed by atoms with Gasteiger partial charge in [-0.15, -0.1) is 0 Å². The summed E-state index contributed by atoms with van der Waals surface area (Å²) < 4.78 is 11.3. The van der Waals surface area contributed by atoms with Crippen LogP contribution in [0.25, 0.3) is 6.08 Å². The van der Waals surface area contributed by atoms with Gasteiger partial charge >= 0.3 is 0 Å². The Morgan fingerprint density at radius 1 is 0.941 bits per heavy atom. The van der Waals surface area contributed by atoms with Crippen LogP contribution in [0.15, 0.2) is 78.9 Å². The van der Waals surface area contributed by atoms with Gasteiger partial charge in [-0.2, -0.15) is 0 Å². The molecule has 1 aliphatic heterocycles. The number of rotatable bonds is 8. The number of anilines is 1. The minimum atomic E-state index is -0.180. The van der Waals surface area contributed by atoms with E-state index in [1.165, 1.54) is 0 Å². The number of carbonyl (C=O) groups excluding carboxylic acids is 2. The van der Waals surface area contributed by atoms with E-state index in [1.54, 1.807) is 11.0 Å². The number of nitrogens with zero attached hydrogens (tertiary/aromatic N) is 1. The maximum absolute atomic E-state index is 13.2. The Bertz CT molecular complexity index is 1170. The van der Waals surface area contributed by atoms with Crippen LogP contribution in [-0.4, -0.2) is 38.1 Å². The first-order chi connectivity index (χ1) is 16.6. The van der Waals surface area contributed by atoms with Gasteiger partial charge in [0, 0.05) is 36.8 Å². The molecule has 1 aliphatic rings. The van der Waals surface area contributed by atoms with Gasteiger partial charge in [-0.3, -0.25) is 9.59 Å². The fourth-order valence-corrected chi connectivity index (χ4v) is 3.75. The highest BCUT2D eigenvalue weighted by Gasteiger charge is 2.19. The molecule has 0 aliphatic carbocycles. The molecule has 3 aromatic carbocycles. The van der Waals surface area contributed by atoms with Crippen molar-refractivity contribution in [3.8, 4) is 11.5 Å². The summed E-state index contributed by atoms with van der Waals surface area (Å²) in [5, 5.41) is 2.86. The minimum Gasteiger partial charge on any atom is -0.486 e. The first-order valence-corrected chi connectivity index (χ1v) is 11.4. The zero-order chi connectivity index (χ0) is 23.8. The molecule has 0 fully saturated rings. The van der Waals surface area contributed by atoms with Crippen LogP contribution >= 0.6 is 0 Å². The van der Waals surface area contributed by atoms with Crippen LogP contribution in [-0.2, 0) is 4.79 Å². The number of fused-ring (bicyclic) bond motifs is 1. The van der Waals surface area contributed by atoms with Crippen molar-refractivity contribution in [2.45, 2.75) is 13.3 Å². The summed E-state index contributed by atoms with van der Waals surface area (Å²) in [6.45, 7) is 3.51. The number of benzene rings is 3. The third-order valence-electron chi connectivity index (χ3n) is 5.55. The summed E-state index contributed by atoms with van der Waals surface area (Å²) >= 11 is 0. The normalized spacial score (nSPS) is 12.4. The Balaban J connectivity index is 1.45. The highest BCUT2D eigenvalue weighted by atomic mass is 16.6. The number of hydrogen-bond donors (Lipinski definition) is 1. The molecule has 6 nitrogen and oxygen atoms in total. The molecule has 1 N–H and O–H groups in total. The lowest BCUT2D eigenvalue weighted by molar-refractivity contribution is -0.118. The molecule has 6 heteroatoms. The van der Waals surface area contributed by atoms with Crippen LogP contribution in [0.3, 0.4) is 0 Å². The molecule has 0 spiro atoms. The molecule has 0 bridgehead atoms. The second kappa shape index (κ2) is 11.2. The number of hydrogen-bond acceptors (Lipinski definition) is 4. The van der Waals surface area contributed by atoms with Crippen molar-refractivity contribution in [1.29, 1.82) is 0 Å². The van der Waals surface area contributed by atoms with E-state index in [2.05, 4.69) is 5.32 Å². The highest BCUT2D eigenvalue weighted by molar-refractivity contribution is 5.97. The fourth-order valence-electron chi connectivity index (χ4n) is 3.75. The smallest absolute Gasteiger partial charge is 0.251 e. The predicted molar refractivity (Wildman–Crippen MR) is 133 cm³/mol. The Morgan fingerprint density at radius 2 is 1.68 bits per heavy atom. The predicted octanol–water partition coefficient (Wildman–Crippen LogP) is 4.63. The standard InChI is InChI=1S/C28H28N2O4/c1-21-8-5-6-12-24(21)28(32)29-16-15-27(31)30(17-7-11-22-9-3-2-4-10-22)23-13-14-25-26(20-23)34-19-18-33-25/h2-14,20H,15-19H2,1H3,(H,29,32)/b11-7+. The van der Waals surface area contributed by atoms with Crippen molar-refractivity contribution in [2.24, 2.45) is 0 Å². The summed E-state index contributed by atoms with van der Waals surface area (Å²) in [5.41, 5.74) is 3.29. The van der Waals surface area contributed by atoms with Gasteiger partial charge in [-0.25, -0.2) is 0 Å². The van der Waals surface area contributed by atoms with Gasteiger partial charge < -0.3 is 19.7 Å². The van der Waals surface area contributed by atoms with Crippen molar-refractivity contribution in [2.75, 3.05) is 31.2 Å². The third kappa shape index (κ3) is 5.84. The van der Waals surface area contributed by atoms with Crippen LogP contribution in [0.5, 0.6) is 11.5 Å². The first-order valence-electron chi connectivity index (χ1n) is 11.4. The van der Waals surface area contributed by atoms with Crippen molar-refractivity contribution in [3.63, 3.8) is 0 Å². The van der Waals surface area contributed by atoms with Gasteiger partial charge in [0.25, 0.3) is 5.91 Å². The summed E-state index contributed by atoms with van der Waals surface area (Å²) in [7, 11) is 0. The van der Waals surface area contributed by atoms with Gasteiger partial charge in [-0.05, 0) is 36.2 Å². The molecule has 1 heterocycles. The molecule has 0 atom stereocenters. The number of amides is 2. The average Bonchev–Trinajstić information content (AvgIpc) is 2.87. The van der Waals surface area contributed by atoms with Crippen molar-refractivity contribution >= 4 is 23.6 Å². The molecular formula is C28H28N2O4. The molecule has 0 saturated carbocycles. The van der Waals surface area contributed by atoms with Gasteiger partial charge in [0.05, 0.1) is 0 Å². The lowest BCUT2D eigenvalue weighted by atomic mass is 10.1. The van der Waals surface area contributed by atoms with Crippen LogP contribution in [0.2, 0.25) is 0 Å². The lowest BCUT2D eigenvalue weighted by Gasteiger charge is -2.25. The topological polar surface area (TPSA) is 67.9 Å². The summed E-state index contributed by atoms with van der Waals surface area (Å²) in [4.78, 5) is 27.4. The van der Waals surface area contributed by atoms with E-state index in [1.807, 2.05) is 85.8 Å². The zero-order valence-corrected chi connectivity index (χ0v) is 19.2. The van der Waals surface area contributed by atoms with E-state index in [0.717, 1.165) is 16.8 Å². The van der Waals surface area contributed by atoms with E-state index in [4.69, 9.17) is 9.47 Å². The van der Waals surface area contributed by atoms with E-state index in [9.17, 15) is 9.59 Å². The largest absolute Gasteiger partial charge is 0.486 e. The van der Waals surface area contributed by atoms with Crippen molar-refractivity contribution in [3.05, 3.63) is 95.6 Å². The SMILES string of the molecule is Cc1ccccc1C(=O)NCCC(=O)N(C/C=C/c1ccccc1)c1ccc2c(c1)OCCO2. The Hall–Kier alpha value is -4.06. The molecular weight excluding hydrogens is 428 g/mol. The fraction of sp³-hybridized carbons (Fsp3) is 0.214. The van der Waals surface area contributed by atoms with Gasteiger partial charge in [0.2, 0.25) is 5.91 Å². The first kappa shape index (κ1) is 23.1. The molecule has 174 valence electrons. The van der Waals surface area contributed by atoms with Gasteiger partial charge in [-0.1, -0.05) is 60.7 Å². The Labute approximate surface area is 199 Å². The van der Waals surface area contributed by atoms with Crippen LogP contribution in [0.1, 0.15) is 27.9 Å². The van der Waals surface area contributed by atoms with E-state index < -0.39 is 0 Å². The maximum Gasteiger partial charge on any atom is 0.251 e. The third-order valence-corrected chi connectivity index (χ3v) is 5.55. The molecule has 0 unspecified atom stereocenters. The monoisotopic (exact) mass is 456 g/mol. The summed E-state index contributed by atoms with van der Waals surface area (Å²) in [6, 6.07) is 22.8. The summed E-state index contributed by atoms with van der Waals surface area (Å²) in [6.07, 6.45) is 4.11. The van der Waals surface area contributed by atoms with Crippen LogP contribution in [0, 0.1) is 6.92 Å². The van der Waals surface area contributed by atoms with E-state index in [0.29, 0.717) is 36.8 Å². The molecule has 2 amide bonds. The second-order valence-corrected chi connectivity index (χ2v) is 7.97. The molecule has 0 saturated heterocycles. The van der Waals surface area contributed by atoms with Crippen LogP contribution < -0.4 is 19.7 Å². The average molecular weight is 457 g/mol. The highest BCUT2D eigenvalue weighted by Crippen LogP contribution is 2.34. The maximum atomic E-state index is 13.2. The van der Waals surface area contributed by atoms with E-state index >= 15 is 0 Å². The van der Waals surface area contributed by atoms with Crippen LogP contribution in [0.4, 0.5) is 5.69 Å². The number of carbonyl (C=O) groups is 2. The minimum absolute atomic E-state index is 0.0977. The molecule has 0 aromatic heterocycles. The molecule has 34 heavy (non-hydrogen) atoms. The molecule has 4 rings (SSSR count). The number of aryl methyl sites for hydroxylation is 1. The summed E-state index contributed by atoms with van der Waals surface area (Å²) in [5.74, 6) is 1.02. The zero-order valence-electron chi connectivity index (χ0n) is 19.2. The Kier molecular flexibility index (Phi) is 7.60. The molecule has 0 radical (unpaired) electrons. The van der Waals surface area contributed by atoms with Crippen molar-refractivity contribution < 1.29 is 19.1 Å². The van der Waals surface area contributed by atoms with E-state index in [-0.39, 0.29) is 24.8 Å².